The molecular weight excluding hydrogens is 240 g/mol. The standard InChI is InChI=1S/C15H24N2O2/c1-6-15(4,17(7-2)8-3)14(18)12-9-13(19-5)11-16-10-12/h9-11H,6-8H2,1-5H3. The molecule has 0 fully saturated rings. The van der Waals surface area contributed by atoms with Crippen LogP contribution in [0.1, 0.15) is 44.5 Å². The zero-order chi connectivity index (χ0) is 14.5. The number of carbonyl (C=O) groups is 1. The van der Waals surface area contributed by atoms with Gasteiger partial charge in [0.2, 0.25) is 0 Å². The van der Waals surface area contributed by atoms with Gasteiger partial charge in [-0.25, -0.2) is 0 Å². The zero-order valence-electron chi connectivity index (χ0n) is 12.6. The van der Waals surface area contributed by atoms with Crippen molar-refractivity contribution in [3.8, 4) is 5.75 Å². The first-order valence-corrected chi connectivity index (χ1v) is 6.82. The van der Waals surface area contributed by atoms with Crippen LogP contribution in [0.3, 0.4) is 0 Å². The summed E-state index contributed by atoms with van der Waals surface area (Å²) in [5.41, 5.74) is 0.118. The van der Waals surface area contributed by atoms with Crippen LogP contribution in [0.5, 0.6) is 5.75 Å². The van der Waals surface area contributed by atoms with E-state index in [1.54, 1.807) is 25.6 Å². The van der Waals surface area contributed by atoms with Crippen molar-refractivity contribution < 1.29 is 9.53 Å². The molecule has 0 aliphatic rings. The third-order valence-electron chi connectivity index (χ3n) is 3.85. The van der Waals surface area contributed by atoms with E-state index in [-0.39, 0.29) is 5.78 Å². The lowest BCUT2D eigenvalue weighted by Gasteiger charge is -2.38. The van der Waals surface area contributed by atoms with E-state index in [0.29, 0.717) is 11.3 Å². The molecule has 4 nitrogen and oxygen atoms in total. The molecule has 0 saturated heterocycles. The van der Waals surface area contributed by atoms with Gasteiger partial charge in [-0.2, -0.15) is 0 Å². The third kappa shape index (κ3) is 3.13. The smallest absolute Gasteiger partial charge is 0.184 e. The molecule has 0 N–H and O–H groups in total. The number of likely N-dealkylation sites (N-methyl/N-ethyl adjacent to an activating group) is 1. The summed E-state index contributed by atoms with van der Waals surface area (Å²) in [6.45, 7) is 9.91. The lowest BCUT2D eigenvalue weighted by atomic mass is 9.87. The first-order chi connectivity index (χ1) is 9.03. The van der Waals surface area contributed by atoms with Gasteiger partial charge in [-0.1, -0.05) is 20.8 Å². The number of ether oxygens (including phenoxy) is 1. The summed E-state index contributed by atoms with van der Waals surface area (Å²) in [5, 5.41) is 0. The number of methoxy groups -OCH3 is 1. The van der Waals surface area contributed by atoms with Gasteiger partial charge in [0.1, 0.15) is 5.75 Å². The van der Waals surface area contributed by atoms with Crippen LogP contribution < -0.4 is 4.74 Å². The molecule has 0 aromatic carbocycles. The number of hydrogen-bond acceptors (Lipinski definition) is 4. The number of rotatable bonds is 7. The molecule has 1 aromatic heterocycles. The van der Waals surface area contributed by atoms with E-state index in [1.807, 2.05) is 13.8 Å². The van der Waals surface area contributed by atoms with Crippen LogP contribution >= 0.6 is 0 Å². The maximum Gasteiger partial charge on any atom is 0.184 e. The van der Waals surface area contributed by atoms with E-state index < -0.39 is 5.54 Å². The number of ketones is 1. The molecule has 0 radical (unpaired) electrons. The molecule has 0 aliphatic carbocycles. The topological polar surface area (TPSA) is 42.4 Å². The lowest BCUT2D eigenvalue weighted by molar-refractivity contribution is 0.0607. The Labute approximate surface area is 115 Å². The second kappa shape index (κ2) is 6.66. The largest absolute Gasteiger partial charge is 0.495 e. The van der Waals surface area contributed by atoms with Crippen molar-refractivity contribution in [3.63, 3.8) is 0 Å². The summed E-state index contributed by atoms with van der Waals surface area (Å²) < 4.78 is 5.14. The van der Waals surface area contributed by atoms with Crippen molar-refractivity contribution in [3.05, 3.63) is 24.0 Å². The van der Waals surface area contributed by atoms with Crippen molar-refractivity contribution in [2.45, 2.75) is 39.7 Å². The fourth-order valence-electron chi connectivity index (χ4n) is 2.41. The van der Waals surface area contributed by atoms with Gasteiger partial charge in [-0.05, 0) is 32.5 Å². The highest BCUT2D eigenvalue weighted by Gasteiger charge is 2.36. The van der Waals surface area contributed by atoms with Gasteiger partial charge in [0.25, 0.3) is 0 Å². The minimum absolute atomic E-state index is 0.102. The van der Waals surface area contributed by atoms with Crippen LogP contribution in [0.25, 0.3) is 0 Å². The van der Waals surface area contributed by atoms with Gasteiger partial charge in [0.15, 0.2) is 5.78 Å². The highest BCUT2D eigenvalue weighted by molar-refractivity contribution is 6.03. The van der Waals surface area contributed by atoms with Crippen LogP contribution in [0.15, 0.2) is 18.5 Å². The molecule has 0 bridgehead atoms. The van der Waals surface area contributed by atoms with Crippen LogP contribution in [0.4, 0.5) is 0 Å². The van der Waals surface area contributed by atoms with Crippen molar-refractivity contribution >= 4 is 5.78 Å². The number of Topliss-reactive ketones (excluding diaryl/α,β-unsaturated/α-hetero) is 1. The average Bonchev–Trinajstić information content (AvgIpc) is 2.47. The molecule has 1 aromatic rings. The molecule has 1 unspecified atom stereocenters. The molecule has 4 heteroatoms. The number of pyridine rings is 1. The molecule has 1 atom stereocenters. The van der Waals surface area contributed by atoms with Crippen LogP contribution in [-0.4, -0.2) is 41.4 Å². The fourth-order valence-corrected chi connectivity index (χ4v) is 2.41. The van der Waals surface area contributed by atoms with Crippen molar-refractivity contribution in [1.29, 1.82) is 0 Å². The minimum Gasteiger partial charge on any atom is -0.495 e. The summed E-state index contributed by atoms with van der Waals surface area (Å²) >= 11 is 0. The Balaban J connectivity index is 3.13. The lowest BCUT2D eigenvalue weighted by Crippen LogP contribution is -2.51. The maximum atomic E-state index is 12.8. The van der Waals surface area contributed by atoms with Gasteiger partial charge >= 0.3 is 0 Å². The molecular formula is C15H24N2O2. The van der Waals surface area contributed by atoms with E-state index in [4.69, 9.17) is 4.74 Å². The molecule has 106 valence electrons. The van der Waals surface area contributed by atoms with Crippen LogP contribution in [-0.2, 0) is 0 Å². The highest BCUT2D eigenvalue weighted by Crippen LogP contribution is 2.25. The summed E-state index contributed by atoms with van der Waals surface area (Å²) in [5.74, 6) is 0.717. The Morgan fingerprint density at radius 1 is 1.32 bits per heavy atom. The van der Waals surface area contributed by atoms with E-state index in [0.717, 1.165) is 19.5 Å². The van der Waals surface area contributed by atoms with Gasteiger partial charge in [-0.15, -0.1) is 0 Å². The second-order valence-electron chi connectivity index (χ2n) is 4.74. The summed E-state index contributed by atoms with van der Waals surface area (Å²) in [7, 11) is 1.58. The van der Waals surface area contributed by atoms with E-state index >= 15 is 0 Å². The average molecular weight is 264 g/mol. The molecule has 0 spiro atoms. The molecule has 0 amide bonds. The first-order valence-electron chi connectivity index (χ1n) is 6.82. The summed E-state index contributed by atoms with van der Waals surface area (Å²) in [6.07, 6.45) is 3.99. The first kappa shape index (κ1) is 15.6. The molecule has 1 rings (SSSR count). The summed E-state index contributed by atoms with van der Waals surface area (Å²) in [6, 6.07) is 1.76. The molecule has 1 heterocycles. The minimum atomic E-state index is -0.489. The highest BCUT2D eigenvalue weighted by atomic mass is 16.5. The molecule has 0 saturated carbocycles. The normalized spacial score (nSPS) is 14.2. The van der Waals surface area contributed by atoms with E-state index in [9.17, 15) is 4.79 Å². The Kier molecular flexibility index (Phi) is 5.48. The number of nitrogens with zero attached hydrogens (tertiary/aromatic N) is 2. The number of carbonyl (C=O) groups excluding carboxylic acids is 1. The molecule has 19 heavy (non-hydrogen) atoms. The number of aromatic nitrogens is 1. The van der Waals surface area contributed by atoms with E-state index in [1.165, 1.54) is 0 Å². The predicted octanol–water partition coefficient (Wildman–Crippen LogP) is 2.78. The maximum absolute atomic E-state index is 12.8. The quantitative estimate of drug-likeness (QED) is 0.710. The predicted molar refractivity (Wildman–Crippen MR) is 76.7 cm³/mol. The van der Waals surface area contributed by atoms with Gasteiger partial charge in [0.05, 0.1) is 18.8 Å². The molecule has 0 aliphatic heterocycles. The van der Waals surface area contributed by atoms with Crippen molar-refractivity contribution in [1.82, 2.24) is 9.88 Å². The van der Waals surface area contributed by atoms with Crippen molar-refractivity contribution in [2.75, 3.05) is 20.2 Å². The Bertz CT molecular complexity index is 430. The Hall–Kier alpha value is -1.42. The SMILES string of the molecule is CCN(CC)C(C)(CC)C(=O)c1cncc(OC)c1. The van der Waals surface area contributed by atoms with Gasteiger partial charge < -0.3 is 4.74 Å². The van der Waals surface area contributed by atoms with Gasteiger partial charge in [-0.3, -0.25) is 14.7 Å². The van der Waals surface area contributed by atoms with Crippen molar-refractivity contribution in [2.24, 2.45) is 0 Å². The Morgan fingerprint density at radius 2 is 1.95 bits per heavy atom. The van der Waals surface area contributed by atoms with Crippen LogP contribution in [0, 0.1) is 0 Å². The van der Waals surface area contributed by atoms with E-state index in [2.05, 4.69) is 23.7 Å². The monoisotopic (exact) mass is 264 g/mol. The zero-order valence-corrected chi connectivity index (χ0v) is 12.6. The van der Waals surface area contributed by atoms with Crippen LogP contribution in [0.2, 0.25) is 0 Å². The Morgan fingerprint density at radius 3 is 2.42 bits per heavy atom. The summed E-state index contributed by atoms with van der Waals surface area (Å²) in [4.78, 5) is 19.0. The third-order valence-corrected chi connectivity index (χ3v) is 3.85. The second-order valence-corrected chi connectivity index (χ2v) is 4.74. The number of hydrogen-bond donors (Lipinski definition) is 0. The van der Waals surface area contributed by atoms with Gasteiger partial charge in [0, 0.05) is 11.8 Å². The fraction of sp³-hybridized carbons (Fsp3) is 0.600.